The first-order chi connectivity index (χ1) is 9.58. The molecule has 20 heavy (non-hydrogen) atoms. The van der Waals surface area contributed by atoms with Gasteiger partial charge in [-0.1, -0.05) is 0 Å². The van der Waals surface area contributed by atoms with Crippen LogP contribution < -0.4 is 5.73 Å². The molecule has 5 heteroatoms. The summed E-state index contributed by atoms with van der Waals surface area (Å²) in [4.78, 5) is 0. The molecule has 1 aromatic rings. The molecule has 2 fully saturated rings. The molecule has 2 aliphatic heterocycles. The Balaban J connectivity index is 1.77. The van der Waals surface area contributed by atoms with Crippen LogP contribution in [0.15, 0.2) is 18.2 Å². The van der Waals surface area contributed by atoms with Gasteiger partial charge in [-0.2, -0.15) is 0 Å². The van der Waals surface area contributed by atoms with E-state index in [0.717, 1.165) is 25.3 Å². The van der Waals surface area contributed by atoms with Gasteiger partial charge < -0.3 is 15.2 Å². The molecule has 2 heterocycles. The molecule has 110 valence electrons. The summed E-state index contributed by atoms with van der Waals surface area (Å²) in [6, 6.07) is 3.13. The smallest absolute Gasteiger partial charge is 0.126 e. The average Bonchev–Trinajstić information content (AvgIpc) is 2.85. The first-order valence-corrected chi connectivity index (χ1v) is 7.01. The Morgan fingerprint density at radius 3 is 2.60 bits per heavy atom. The van der Waals surface area contributed by atoms with Crippen molar-refractivity contribution in [1.29, 1.82) is 0 Å². The standard InChI is InChI=1S/C15H19F2NO2/c16-12-5-11(6-13(17)7-12)14(18)10-1-3-20-15(8-10)2-4-19-9-15/h5-7,10,14H,1-4,8-9,18H2. The van der Waals surface area contributed by atoms with Crippen molar-refractivity contribution < 1.29 is 18.3 Å². The second kappa shape index (κ2) is 5.39. The lowest BCUT2D eigenvalue weighted by Crippen LogP contribution is -2.43. The van der Waals surface area contributed by atoms with E-state index in [1.54, 1.807) is 0 Å². The van der Waals surface area contributed by atoms with Crippen molar-refractivity contribution in [3.05, 3.63) is 35.4 Å². The third-order valence-electron chi connectivity index (χ3n) is 4.38. The number of hydrogen-bond acceptors (Lipinski definition) is 3. The van der Waals surface area contributed by atoms with Crippen LogP contribution in [0.4, 0.5) is 8.78 Å². The number of halogens is 2. The number of hydrogen-bond donors (Lipinski definition) is 1. The van der Waals surface area contributed by atoms with Gasteiger partial charge in [0, 0.05) is 31.7 Å². The fourth-order valence-corrected chi connectivity index (χ4v) is 3.28. The van der Waals surface area contributed by atoms with Crippen molar-refractivity contribution >= 4 is 0 Å². The molecule has 3 unspecified atom stereocenters. The largest absolute Gasteiger partial charge is 0.378 e. The summed E-state index contributed by atoms with van der Waals surface area (Å²) < 4.78 is 37.9. The van der Waals surface area contributed by atoms with Gasteiger partial charge in [0.25, 0.3) is 0 Å². The van der Waals surface area contributed by atoms with Crippen LogP contribution in [-0.4, -0.2) is 25.4 Å². The van der Waals surface area contributed by atoms with E-state index < -0.39 is 11.6 Å². The molecule has 0 saturated carbocycles. The van der Waals surface area contributed by atoms with Crippen molar-refractivity contribution in [3.63, 3.8) is 0 Å². The van der Waals surface area contributed by atoms with E-state index in [0.29, 0.717) is 25.4 Å². The lowest BCUT2D eigenvalue weighted by Gasteiger charge is -2.39. The Morgan fingerprint density at radius 1 is 1.20 bits per heavy atom. The molecule has 3 rings (SSSR count). The lowest BCUT2D eigenvalue weighted by atomic mass is 9.79. The van der Waals surface area contributed by atoms with Gasteiger partial charge in [-0.25, -0.2) is 8.78 Å². The highest BCUT2D eigenvalue weighted by Crippen LogP contribution is 2.40. The van der Waals surface area contributed by atoms with Crippen molar-refractivity contribution in [2.24, 2.45) is 11.7 Å². The summed E-state index contributed by atoms with van der Waals surface area (Å²) in [5.41, 5.74) is 6.50. The minimum atomic E-state index is -0.582. The van der Waals surface area contributed by atoms with Crippen molar-refractivity contribution in [2.75, 3.05) is 19.8 Å². The number of rotatable bonds is 2. The summed E-state index contributed by atoms with van der Waals surface area (Å²) in [7, 11) is 0. The van der Waals surface area contributed by atoms with Crippen molar-refractivity contribution in [1.82, 2.24) is 0 Å². The number of ether oxygens (including phenoxy) is 2. The Bertz CT molecular complexity index is 469. The van der Waals surface area contributed by atoms with E-state index in [4.69, 9.17) is 15.2 Å². The molecule has 3 nitrogen and oxygen atoms in total. The van der Waals surface area contributed by atoms with Crippen LogP contribution in [0.3, 0.4) is 0 Å². The first-order valence-electron chi connectivity index (χ1n) is 7.01. The summed E-state index contributed by atoms with van der Waals surface area (Å²) in [6.07, 6.45) is 2.46. The zero-order valence-corrected chi connectivity index (χ0v) is 11.3. The van der Waals surface area contributed by atoms with Crippen LogP contribution in [-0.2, 0) is 9.47 Å². The Hall–Kier alpha value is -1.04. The molecule has 2 N–H and O–H groups in total. The van der Waals surface area contributed by atoms with E-state index in [2.05, 4.69) is 0 Å². The van der Waals surface area contributed by atoms with Gasteiger partial charge in [0.05, 0.1) is 12.2 Å². The highest BCUT2D eigenvalue weighted by Gasteiger charge is 2.42. The second-order valence-electron chi connectivity index (χ2n) is 5.82. The van der Waals surface area contributed by atoms with Gasteiger partial charge in [-0.05, 0) is 36.5 Å². The van der Waals surface area contributed by atoms with E-state index in [1.165, 1.54) is 12.1 Å². The summed E-state index contributed by atoms with van der Waals surface area (Å²) in [5.74, 6) is -1.01. The van der Waals surface area contributed by atoms with Gasteiger partial charge >= 0.3 is 0 Å². The summed E-state index contributed by atoms with van der Waals surface area (Å²) >= 11 is 0. The maximum absolute atomic E-state index is 13.3. The molecule has 1 aromatic carbocycles. The molecular formula is C15H19F2NO2. The fraction of sp³-hybridized carbons (Fsp3) is 0.600. The molecule has 0 amide bonds. The molecule has 3 atom stereocenters. The predicted octanol–water partition coefficient (Wildman–Crippen LogP) is 2.55. The second-order valence-corrected chi connectivity index (χ2v) is 5.82. The molecule has 2 saturated heterocycles. The maximum atomic E-state index is 13.3. The Morgan fingerprint density at radius 2 is 1.95 bits per heavy atom. The number of nitrogens with two attached hydrogens (primary N) is 1. The molecule has 1 spiro atoms. The average molecular weight is 283 g/mol. The fourth-order valence-electron chi connectivity index (χ4n) is 3.28. The molecule has 0 aromatic heterocycles. The van der Waals surface area contributed by atoms with Gasteiger partial charge in [0.15, 0.2) is 0 Å². The topological polar surface area (TPSA) is 44.5 Å². The minimum Gasteiger partial charge on any atom is -0.378 e. The minimum absolute atomic E-state index is 0.159. The zero-order chi connectivity index (χ0) is 14.2. The quantitative estimate of drug-likeness (QED) is 0.907. The molecule has 0 aliphatic carbocycles. The third-order valence-corrected chi connectivity index (χ3v) is 4.38. The molecule has 2 aliphatic rings. The van der Waals surface area contributed by atoms with Crippen molar-refractivity contribution in [2.45, 2.75) is 30.9 Å². The van der Waals surface area contributed by atoms with Gasteiger partial charge in [-0.15, -0.1) is 0 Å². The Labute approximate surface area is 117 Å². The van der Waals surface area contributed by atoms with Crippen LogP contribution in [0.25, 0.3) is 0 Å². The van der Waals surface area contributed by atoms with E-state index in [9.17, 15) is 8.78 Å². The van der Waals surface area contributed by atoms with Crippen LogP contribution in [0.1, 0.15) is 30.9 Å². The van der Waals surface area contributed by atoms with Crippen LogP contribution >= 0.6 is 0 Å². The number of benzene rings is 1. The summed E-state index contributed by atoms with van der Waals surface area (Å²) in [6.45, 7) is 1.92. The normalized spacial score (nSPS) is 31.6. The van der Waals surface area contributed by atoms with Gasteiger partial charge in [-0.3, -0.25) is 0 Å². The highest BCUT2D eigenvalue weighted by molar-refractivity contribution is 5.22. The van der Waals surface area contributed by atoms with Crippen molar-refractivity contribution in [3.8, 4) is 0 Å². The van der Waals surface area contributed by atoms with E-state index >= 15 is 0 Å². The third kappa shape index (κ3) is 2.71. The zero-order valence-electron chi connectivity index (χ0n) is 11.3. The van der Waals surface area contributed by atoms with Crippen LogP contribution in [0, 0.1) is 17.6 Å². The predicted molar refractivity (Wildman–Crippen MR) is 70.1 cm³/mol. The summed E-state index contributed by atoms with van der Waals surface area (Å²) in [5, 5.41) is 0. The van der Waals surface area contributed by atoms with E-state index in [-0.39, 0.29) is 17.6 Å². The monoisotopic (exact) mass is 283 g/mol. The van der Waals surface area contributed by atoms with Gasteiger partial charge in [0.2, 0.25) is 0 Å². The maximum Gasteiger partial charge on any atom is 0.126 e. The first kappa shape index (κ1) is 13.9. The molecule has 0 bridgehead atoms. The Kier molecular flexibility index (Phi) is 3.75. The molecule has 0 radical (unpaired) electrons. The van der Waals surface area contributed by atoms with Crippen LogP contribution in [0.5, 0.6) is 0 Å². The molecular weight excluding hydrogens is 264 g/mol. The van der Waals surface area contributed by atoms with E-state index in [1.807, 2.05) is 0 Å². The SMILES string of the molecule is NC(c1cc(F)cc(F)c1)C1CCOC2(CCOC2)C1. The lowest BCUT2D eigenvalue weighted by molar-refractivity contribution is -0.101. The van der Waals surface area contributed by atoms with Crippen LogP contribution in [0.2, 0.25) is 0 Å². The van der Waals surface area contributed by atoms with Gasteiger partial charge in [0.1, 0.15) is 11.6 Å². The highest BCUT2D eigenvalue weighted by atomic mass is 19.1.